The average Bonchev–Trinajstić information content (AvgIpc) is 2.93. The summed E-state index contributed by atoms with van der Waals surface area (Å²) < 4.78 is 6.14. The second-order valence-electron chi connectivity index (χ2n) is 8.32. The number of nitriles is 1. The van der Waals surface area contributed by atoms with Gasteiger partial charge in [-0.3, -0.25) is 4.79 Å². The van der Waals surface area contributed by atoms with Crippen LogP contribution in [0.1, 0.15) is 25.0 Å². The molecule has 4 aromatic carbocycles. The normalized spacial score (nSPS) is 11.1. The number of nitrogens with one attached hydrogen (secondary N) is 1. The van der Waals surface area contributed by atoms with Crippen molar-refractivity contribution in [2.75, 3.05) is 23.3 Å². The second kappa shape index (κ2) is 11.7. The first kappa shape index (κ1) is 24.6. The Bertz CT molecular complexity index is 1400. The van der Waals surface area contributed by atoms with Crippen LogP contribution in [-0.4, -0.2) is 19.0 Å². The zero-order chi connectivity index (χ0) is 25.3. The molecular weight excluding hydrogens is 446 g/mol. The first-order valence-electron chi connectivity index (χ1n) is 12.1. The molecule has 0 bridgehead atoms. The van der Waals surface area contributed by atoms with Crippen LogP contribution in [0.3, 0.4) is 0 Å². The summed E-state index contributed by atoms with van der Waals surface area (Å²) in [5.41, 5.74) is 3.46. The lowest BCUT2D eigenvalue weighted by molar-refractivity contribution is -0.112. The van der Waals surface area contributed by atoms with Crippen LogP contribution in [0.15, 0.2) is 96.6 Å². The number of fused-ring (bicyclic) bond motifs is 1. The van der Waals surface area contributed by atoms with Crippen molar-refractivity contribution in [1.29, 1.82) is 5.26 Å². The highest BCUT2D eigenvalue weighted by Gasteiger charge is 2.14. The minimum absolute atomic E-state index is 0.00346. The standard InChI is InChI=1S/C31H29N3O2/c1-3-34(4-2)27-17-15-26(16-18-27)33-31(35)25(21-32)20-29-28-13-9-8-12-24(28)14-19-30(29)36-22-23-10-6-5-7-11-23/h5-20H,3-4,22H2,1-2H3,(H,33,35)/b25-20-. The van der Waals surface area contributed by atoms with E-state index < -0.39 is 5.91 Å². The largest absolute Gasteiger partial charge is 0.488 e. The molecule has 0 heterocycles. The van der Waals surface area contributed by atoms with E-state index in [0.29, 0.717) is 23.6 Å². The molecule has 4 rings (SSSR count). The second-order valence-corrected chi connectivity index (χ2v) is 8.32. The summed E-state index contributed by atoms with van der Waals surface area (Å²) in [6.45, 7) is 6.40. The highest BCUT2D eigenvalue weighted by molar-refractivity contribution is 6.11. The van der Waals surface area contributed by atoms with E-state index in [2.05, 4.69) is 30.1 Å². The number of carbonyl (C=O) groups excluding carboxylic acids is 1. The van der Waals surface area contributed by atoms with Crippen molar-refractivity contribution >= 4 is 34.1 Å². The number of amides is 1. The van der Waals surface area contributed by atoms with E-state index >= 15 is 0 Å². The van der Waals surface area contributed by atoms with Crippen LogP contribution in [0.4, 0.5) is 11.4 Å². The van der Waals surface area contributed by atoms with Gasteiger partial charge in [0.25, 0.3) is 5.91 Å². The molecule has 5 heteroatoms. The SMILES string of the molecule is CCN(CC)c1ccc(NC(=O)/C(C#N)=C\c2c(OCc3ccccc3)ccc3ccccc23)cc1. The molecule has 0 saturated carbocycles. The Kier molecular flexibility index (Phi) is 8.00. The van der Waals surface area contributed by atoms with Crippen LogP contribution < -0.4 is 15.0 Å². The van der Waals surface area contributed by atoms with Gasteiger partial charge in [0.1, 0.15) is 24.0 Å². The molecule has 0 atom stereocenters. The Hall–Kier alpha value is -4.56. The first-order chi connectivity index (χ1) is 17.6. The first-order valence-corrected chi connectivity index (χ1v) is 12.1. The van der Waals surface area contributed by atoms with Crippen LogP contribution in [0.25, 0.3) is 16.8 Å². The number of carbonyl (C=O) groups is 1. The number of nitrogens with zero attached hydrogens (tertiary/aromatic N) is 2. The van der Waals surface area contributed by atoms with Crippen LogP contribution in [0.5, 0.6) is 5.75 Å². The number of anilines is 2. The Balaban J connectivity index is 1.62. The molecular formula is C31H29N3O2. The molecule has 36 heavy (non-hydrogen) atoms. The molecule has 180 valence electrons. The molecule has 0 fully saturated rings. The molecule has 0 aliphatic rings. The van der Waals surface area contributed by atoms with Gasteiger partial charge in [-0.1, -0.05) is 60.7 Å². The van der Waals surface area contributed by atoms with Crippen LogP contribution >= 0.6 is 0 Å². The van der Waals surface area contributed by atoms with Crippen molar-refractivity contribution < 1.29 is 9.53 Å². The maximum Gasteiger partial charge on any atom is 0.266 e. The molecule has 5 nitrogen and oxygen atoms in total. The summed E-state index contributed by atoms with van der Waals surface area (Å²) in [6.07, 6.45) is 1.61. The van der Waals surface area contributed by atoms with Gasteiger partial charge in [0, 0.05) is 30.0 Å². The Morgan fingerprint density at radius 2 is 1.61 bits per heavy atom. The smallest absolute Gasteiger partial charge is 0.266 e. The van der Waals surface area contributed by atoms with Crippen LogP contribution in [0, 0.1) is 11.3 Å². The lowest BCUT2D eigenvalue weighted by Crippen LogP contribution is -2.21. The Morgan fingerprint density at radius 3 is 2.31 bits per heavy atom. The quantitative estimate of drug-likeness (QED) is 0.213. The molecule has 0 saturated heterocycles. The minimum Gasteiger partial charge on any atom is -0.488 e. The van der Waals surface area contributed by atoms with Crippen molar-refractivity contribution in [2.45, 2.75) is 20.5 Å². The van der Waals surface area contributed by atoms with Crippen LogP contribution in [0.2, 0.25) is 0 Å². The third-order valence-corrected chi connectivity index (χ3v) is 6.08. The third kappa shape index (κ3) is 5.73. The van der Waals surface area contributed by atoms with Gasteiger partial charge in [-0.05, 0) is 66.6 Å². The van der Waals surface area contributed by atoms with Gasteiger partial charge >= 0.3 is 0 Å². The maximum absolute atomic E-state index is 13.1. The molecule has 1 N–H and O–H groups in total. The predicted molar refractivity (Wildman–Crippen MR) is 147 cm³/mol. The van der Waals surface area contributed by atoms with Gasteiger partial charge in [-0.25, -0.2) is 0 Å². The summed E-state index contributed by atoms with van der Waals surface area (Å²) in [7, 11) is 0. The van der Waals surface area contributed by atoms with E-state index in [0.717, 1.165) is 35.1 Å². The molecule has 0 spiro atoms. The fraction of sp³-hybridized carbons (Fsp3) is 0.161. The maximum atomic E-state index is 13.1. The number of benzene rings is 4. The van der Waals surface area contributed by atoms with Crippen molar-refractivity contribution in [1.82, 2.24) is 0 Å². The van der Waals surface area contributed by atoms with Gasteiger partial charge < -0.3 is 15.0 Å². The molecule has 0 aromatic heterocycles. The van der Waals surface area contributed by atoms with Crippen molar-refractivity contribution in [3.63, 3.8) is 0 Å². The molecule has 0 aliphatic carbocycles. The zero-order valence-corrected chi connectivity index (χ0v) is 20.6. The lowest BCUT2D eigenvalue weighted by Gasteiger charge is -2.21. The van der Waals surface area contributed by atoms with E-state index in [4.69, 9.17) is 4.74 Å². The van der Waals surface area contributed by atoms with Crippen molar-refractivity contribution in [3.8, 4) is 11.8 Å². The summed E-state index contributed by atoms with van der Waals surface area (Å²) >= 11 is 0. The fourth-order valence-corrected chi connectivity index (χ4v) is 4.12. The topological polar surface area (TPSA) is 65.4 Å². The predicted octanol–water partition coefficient (Wildman–Crippen LogP) is 6.81. The number of ether oxygens (including phenoxy) is 1. The van der Waals surface area contributed by atoms with E-state index in [1.807, 2.05) is 91.0 Å². The zero-order valence-electron chi connectivity index (χ0n) is 20.6. The van der Waals surface area contributed by atoms with E-state index in [1.54, 1.807) is 6.08 Å². The fourth-order valence-electron chi connectivity index (χ4n) is 4.12. The third-order valence-electron chi connectivity index (χ3n) is 6.08. The Labute approximate surface area is 212 Å². The van der Waals surface area contributed by atoms with Gasteiger partial charge in [-0.15, -0.1) is 0 Å². The van der Waals surface area contributed by atoms with Crippen molar-refractivity contribution in [2.24, 2.45) is 0 Å². The van der Waals surface area contributed by atoms with E-state index in [-0.39, 0.29) is 5.57 Å². The molecule has 0 aliphatic heterocycles. The van der Waals surface area contributed by atoms with Crippen LogP contribution in [-0.2, 0) is 11.4 Å². The average molecular weight is 476 g/mol. The van der Waals surface area contributed by atoms with Gasteiger partial charge in [0.15, 0.2) is 0 Å². The summed E-state index contributed by atoms with van der Waals surface area (Å²) in [6, 6.07) is 31.3. The minimum atomic E-state index is -0.463. The monoisotopic (exact) mass is 475 g/mol. The lowest BCUT2D eigenvalue weighted by atomic mass is 10.0. The summed E-state index contributed by atoms with van der Waals surface area (Å²) in [5, 5.41) is 14.6. The summed E-state index contributed by atoms with van der Waals surface area (Å²) in [5.74, 6) is 0.150. The molecule has 0 radical (unpaired) electrons. The molecule has 0 unspecified atom stereocenters. The molecule has 4 aromatic rings. The number of hydrogen-bond donors (Lipinski definition) is 1. The van der Waals surface area contributed by atoms with E-state index in [9.17, 15) is 10.1 Å². The van der Waals surface area contributed by atoms with Gasteiger partial charge in [0.05, 0.1) is 0 Å². The highest BCUT2D eigenvalue weighted by atomic mass is 16.5. The van der Waals surface area contributed by atoms with E-state index in [1.165, 1.54) is 0 Å². The van der Waals surface area contributed by atoms with Crippen molar-refractivity contribution in [3.05, 3.63) is 108 Å². The Morgan fingerprint density at radius 1 is 0.917 bits per heavy atom. The van der Waals surface area contributed by atoms with Gasteiger partial charge in [0.2, 0.25) is 0 Å². The number of hydrogen-bond acceptors (Lipinski definition) is 4. The molecule has 1 amide bonds. The highest BCUT2D eigenvalue weighted by Crippen LogP contribution is 2.31. The summed E-state index contributed by atoms with van der Waals surface area (Å²) in [4.78, 5) is 15.3. The van der Waals surface area contributed by atoms with Gasteiger partial charge in [-0.2, -0.15) is 5.26 Å². The number of rotatable bonds is 9.